The lowest BCUT2D eigenvalue weighted by Crippen LogP contribution is -2.38. The van der Waals surface area contributed by atoms with Crippen molar-refractivity contribution in [1.29, 1.82) is 5.41 Å². The Labute approximate surface area is 217 Å². The van der Waals surface area contributed by atoms with Crippen LogP contribution in [0.15, 0.2) is 54.7 Å². The first kappa shape index (κ1) is 25.7. The topological polar surface area (TPSA) is 95.4 Å². The van der Waals surface area contributed by atoms with E-state index in [0.717, 1.165) is 24.6 Å². The molecular formula is C26H24ClFN4O3S. The molecule has 0 bridgehead atoms. The monoisotopic (exact) mass is 526 g/mol. The minimum Gasteiger partial charge on any atom is -0.497 e. The van der Waals surface area contributed by atoms with Crippen molar-refractivity contribution >= 4 is 46.6 Å². The van der Waals surface area contributed by atoms with Crippen LogP contribution < -0.4 is 10.1 Å². The second-order valence-electron chi connectivity index (χ2n) is 8.08. The third-order valence-corrected chi connectivity index (χ3v) is 6.89. The van der Waals surface area contributed by atoms with Gasteiger partial charge in [0.15, 0.2) is 5.78 Å². The number of halogens is 2. The molecule has 7 nitrogen and oxygen atoms in total. The van der Waals surface area contributed by atoms with Gasteiger partial charge in [-0.25, -0.2) is 4.39 Å². The number of nitrogens with zero attached hydrogens (tertiary/aromatic N) is 2. The summed E-state index contributed by atoms with van der Waals surface area (Å²) in [4.78, 5) is 32.1. The lowest BCUT2D eigenvalue weighted by Gasteiger charge is -2.28. The molecule has 0 unspecified atom stereocenters. The Morgan fingerprint density at radius 2 is 1.92 bits per heavy atom. The second-order valence-corrected chi connectivity index (χ2v) is 9.74. The van der Waals surface area contributed by atoms with Crippen molar-refractivity contribution in [1.82, 2.24) is 9.88 Å². The minimum absolute atomic E-state index is 0.0205. The number of hydrogen-bond donors (Lipinski definition) is 2. The number of ketones is 1. The van der Waals surface area contributed by atoms with Crippen LogP contribution >= 0.6 is 23.4 Å². The van der Waals surface area contributed by atoms with Crippen molar-refractivity contribution in [3.8, 4) is 5.75 Å². The molecule has 36 heavy (non-hydrogen) atoms. The molecule has 1 amide bonds. The zero-order valence-electron chi connectivity index (χ0n) is 19.5. The maximum Gasteiger partial charge on any atom is 0.258 e. The van der Waals surface area contributed by atoms with E-state index in [2.05, 4.69) is 10.3 Å². The van der Waals surface area contributed by atoms with Crippen LogP contribution in [0.4, 0.5) is 10.1 Å². The van der Waals surface area contributed by atoms with Gasteiger partial charge in [0, 0.05) is 47.6 Å². The first-order valence-electron chi connectivity index (χ1n) is 11.2. The van der Waals surface area contributed by atoms with Gasteiger partial charge in [-0.2, -0.15) is 11.8 Å². The quantitative estimate of drug-likeness (QED) is 0.257. The van der Waals surface area contributed by atoms with Crippen molar-refractivity contribution in [3.05, 3.63) is 88.0 Å². The van der Waals surface area contributed by atoms with Crippen molar-refractivity contribution in [2.75, 3.05) is 37.0 Å². The number of aromatic nitrogens is 1. The zero-order chi connectivity index (χ0) is 25.7. The fourth-order valence-corrected chi connectivity index (χ4v) is 4.78. The second kappa shape index (κ2) is 11.5. The molecule has 4 rings (SSSR count). The summed E-state index contributed by atoms with van der Waals surface area (Å²) in [7, 11) is 1.47. The van der Waals surface area contributed by atoms with E-state index in [1.807, 2.05) is 16.7 Å². The predicted octanol–water partition coefficient (Wildman–Crippen LogP) is 4.93. The fraction of sp³-hybridized carbons (Fsp3) is 0.231. The number of carbonyl (C=O) groups excluding carboxylic acids is 2. The summed E-state index contributed by atoms with van der Waals surface area (Å²) in [6, 6.07) is 12.1. The van der Waals surface area contributed by atoms with Gasteiger partial charge >= 0.3 is 0 Å². The van der Waals surface area contributed by atoms with Crippen molar-refractivity contribution in [2.45, 2.75) is 6.42 Å². The Kier molecular flexibility index (Phi) is 8.22. The summed E-state index contributed by atoms with van der Waals surface area (Å²) < 4.78 is 20.2. The molecule has 2 aromatic carbocycles. The maximum absolute atomic E-state index is 14.9. The van der Waals surface area contributed by atoms with Crippen LogP contribution in [-0.4, -0.2) is 59.1 Å². The highest BCUT2D eigenvalue weighted by molar-refractivity contribution is 7.99. The zero-order valence-corrected chi connectivity index (χ0v) is 21.1. The number of hydrogen-bond acceptors (Lipinski definition) is 6. The summed E-state index contributed by atoms with van der Waals surface area (Å²) in [6.07, 6.45) is 1.43. The summed E-state index contributed by atoms with van der Waals surface area (Å²) in [5, 5.41) is 11.5. The van der Waals surface area contributed by atoms with Crippen LogP contribution in [0.1, 0.15) is 32.0 Å². The minimum atomic E-state index is -0.743. The Hall–Kier alpha value is -3.43. The Balaban J connectivity index is 1.54. The van der Waals surface area contributed by atoms with Crippen LogP contribution in [0.5, 0.6) is 5.75 Å². The van der Waals surface area contributed by atoms with E-state index in [-0.39, 0.29) is 34.9 Å². The summed E-state index contributed by atoms with van der Waals surface area (Å²) in [5.41, 5.74) is 1.17. The van der Waals surface area contributed by atoms with E-state index in [0.29, 0.717) is 22.0 Å². The number of nitrogens with one attached hydrogen (secondary N) is 2. The van der Waals surface area contributed by atoms with Crippen LogP contribution in [0.3, 0.4) is 0 Å². The number of benzene rings is 2. The number of pyridine rings is 1. The average molecular weight is 527 g/mol. The molecule has 10 heteroatoms. The lowest BCUT2D eigenvalue weighted by molar-refractivity contribution is 0.0992. The first-order chi connectivity index (χ1) is 17.4. The number of rotatable bonds is 7. The third-order valence-electron chi connectivity index (χ3n) is 5.72. The van der Waals surface area contributed by atoms with Gasteiger partial charge in [0.05, 0.1) is 29.8 Å². The molecule has 1 aliphatic heterocycles. The van der Waals surface area contributed by atoms with E-state index >= 15 is 0 Å². The van der Waals surface area contributed by atoms with E-state index in [1.165, 1.54) is 37.6 Å². The normalized spacial score (nSPS) is 13.2. The molecule has 0 saturated carbocycles. The molecule has 3 aromatic rings. The summed E-state index contributed by atoms with van der Waals surface area (Å²) >= 11 is 7.69. The Bertz CT molecular complexity index is 1300. The number of methoxy groups -OCH3 is 1. The number of thioether (sulfide) groups is 1. The molecule has 1 aromatic heterocycles. The number of carbonyl (C=O) groups is 2. The third kappa shape index (κ3) is 6.03. The molecule has 186 valence electrons. The maximum atomic E-state index is 14.9. The number of amides is 1. The van der Waals surface area contributed by atoms with E-state index in [9.17, 15) is 14.0 Å². The fourth-order valence-electron chi connectivity index (χ4n) is 3.77. The van der Waals surface area contributed by atoms with Gasteiger partial charge < -0.3 is 15.0 Å². The number of Topliss-reactive ketones (excluding diaryl/α,β-unsaturated/α-hetero) is 1. The Morgan fingerprint density at radius 3 is 2.58 bits per heavy atom. The molecule has 0 radical (unpaired) electrons. The van der Waals surface area contributed by atoms with Crippen molar-refractivity contribution in [3.63, 3.8) is 0 Å². The Morgan fingerprint density at radius 1 is 1.14 bits per heavy atom. The standard InChI is InChI=1S/C26H24ClFN4O3S/c1-35-19-5-7-23(21(14-19)24(33)13-18-4-3-17(27)15-30-18)31-26(34)20-6-2-16(12-22(20)28)25(29)32-8-10-36-11-9-32/h2-7,12,14-15,29H,8-11,13H2,1H3,(H,31,34). The van der Waals surface area contributed by atoms with Gasteiger partial charge in [0.1, 0.15) is 17.4 Å². The van der Waals surface area contributed by atoms with Crippen LogP contribution in [0, 0.1) is 11.2 Å². The summed E-state index contributed by atoms with van der Waals surface area (Å²) in [5.74, 6) is 0.760. The first-order valence-corrected chi connectivity index (χ1v) is 12.7. The SMILES string of the molecule is COc1ccc(NC(=O)c2ccc(C(=N)N3CCSCC3)cc2F)c(C(=O)Cc2ccc(Cl)cn2)c1. The highest BCUT2D eigenvalue weighted by Gasteiger charge is 2.21. The highest BCUT2D eigenvalue weighted by Crippen LogP contribution is 2.25. The largest absolute Gasteiger partial charge is 0.497 e. The molecule has 1 saturated heterocycles. The van der Waals surface area contributed by atoms with E-state index in [1.54, 1.807) is 24.3 Å². The molecule has 0 spiro atoms. The van der Waals surface area contributed by atoms with Gasteiger partial charge in [-0.1, -0.05) is 17.7 Å². The number of amidine groups is 1. The predicted molar refractivity (Wildman–Crippen MR) is 140 cm³/mol. The number of anilines is 1. The smallest absolute Gasteiger partial charge is 0.258 e. The van der Waals surface area contributed by atoms with Gasteiger partial charge in [-0.15, -0.1) is 0 Å². The van der Waals surface area contributed by atoms with Gasteiger partial charge in [0.2, 0.25) is 0 Å². The van der Waals surface area contributed by atoms with Crippen LogP contribution in [-0.2, 0) is 6.42 Å². The van der Waals surface area contributed by atoms with Crippen molar-refractivity contribution in [2.24, 2.45) is 0 Å². The molecule has 2 heterocycles. The molecule has 0 aliphatic carbocycles. The molecule has 0 atom stereocenters. The van der Waals surface area contributed by atoms with Gasteiger partial charge in [-0.3, -0.25) is 20.0 Å². The van der Waals surface area contributed by atoms with Crippen LogP contribution in [0.2, 0.25) is 5.02 Å². The van der Waals surface area contributed by atoms with Gasteiger partial charge in [-0.05, 0) is 42.5 Å². The van der Waals surface area contributed by atoms with Gasteiger partial charge in [0.25, 0.3) is 5.91 Å². The average Bonchev–Trinajstić information content (AvgIpc) is 2.90. The lowest BCUT2D eigenvalue weighted by atomic mass is 10.0. The van der Waals surface area contributed by atoms with E-state index in [4.69, 9.17) is 21.7 Å². The molecule has 1 aliphatic rings. The van der Waals surface area contributed by atoms with E-state index < -0.39 is 11.7 Å². The molecule has 2 N–H and O–H groups in total. The van der Waals surface area contributed by atoms with Crippen LogP contribution in [0.25, 0.3) is 0 Å². The highest BCUT2D eigenvalue weighted by atomic mass is 35.5. The van der Waals surface area contributed by atoms with Crippen molar-refractivity contribution < 1.29 is 18.7 Å². The summed E-state index contributed by atoms with van der Waals surface area (Å²) in [6.45, 7) is 1.46. The molecule has 1 fully saturated rings. The number of ether oxygens (including phenoxy) is 1. The molecular weight excluding hydrogens is 503 g/mol.